The molecular weight excluding hydrogens is 234 g/mol. The number of para-hydroxylation sites is 1. The topological polar surface area (TPSA) is 21.3 Å². The summed E-state index contributed by atoms with van der Waals surface area (Å²) < 4.78 is 5.89. The molecule has 0 saturated carbocycles. The van der Waals surface area contributed by atoms with E-state index in [2.05, 4.69) is 50.2 Å². The van der Waals surface area contributed by atoms with E-state index in [1.54, 1.807) is 0 Å². The van der Waals surface area contributed by atoms with Gasteiger partial charge in [0.2, 0.25) is 0 Å². The molecule has 0 spiro atoms. The van der Waals surface area contributed by atoms with Crippen molar-refractivity contribution in [2.45, 2.75) is 40.2 Å². The zero-order valence-electron chi connectivity index (χ0n) is 12.3. The van der Waals surface area contributed by atoms with Crippen LogP contribution in [0.1, 0.15) is 37.8 Å². The Kier molecular flexibility index (Phi) is 7.07. The van der Waals surface area contributed by atoms with Gasteiger partial charge in [-0.25, -0.2) is 0 Å². The molecule has 1 N–H and O–H groups in total. The normalized spacial score (nSPS) is 10.5. The number of hydrogen-bond acceptors (Lipinski definition) is 2. The fourth-order valence-electron chi connectivity index (χ4n) is 1.90. The Morgan fingerprint density at radius 1 is 1.37 bits per heavy atom. The first-order valence-corrected chi connectivity index (χ1v) is 7.00. The molecule has 1 aromatic rings. The second-order valence-corrected chi connectivity index (χ2v) is 5.24. The lowest BCUT2D eigenvalue weighted by Gasteiger charge is -2.15. The molecule has 1 rings (SSSR count). The molecule has 0 unspecified atom stereocenters. The van der Waals surface area contributed by atoms with E-state index in [-0.39, 0.29) is 0 Å². The summed E-state index contributed by atoms with van der Waals surface area (Å²) in [7, 11) is 0. The van der Waals surface area contributed by atoms with Crippen LogP contribution in [0.2, 0.25) is 0 Å². The van der Waals surface area contributed by atoms with Gasteiger partial charge >= 0.3 is 0 Å². The average molecular weight is 259 g/mol. The second kappa shape index (κ2) is 8.61. The molecule has 2 heteroatoms. The summed E-state index contributed by atoms with van der Waals surface area (Å²) in [6.45, 7) is 9.06. The molecule has 0 aliphatic carbocycles. The number of benzene rings is 1. The van der Waals surface area contributed by atoms with E-state index in [1.165, 1.54) is 11.1 Å². The van der Waals surface area contributed by atoms with Crippen LogP contribution in [0.3, 0.4) is 0 Å². The summed E-state index contributed by atoms with van der Waals surface area (Å²) in [4.78, 5) is 0. The van der Waals surface area contributed by atoms with Gasteiger partial charge in [-0.1, -0.05) is 32.0 Å². The van der Waals surface area contributed by atoms with Crippen molar-refractivity contribution in [3.05, 3.63) is 29.3 Å². The minimum absolute atomic E-state index is 0.657. The minimum atomic E-state index is 0.657. The smallest absolute Gasteiger partial charge is 0.126 e. The van der Waals surface area contributed by atoms with Gasteiger partial charge in [0.05, 0.1) is 6.61 Å². The number of hydrogen-bond donors (Lipinski definition) is 1. The number of terminal acetylenes is 1. The summed E-state index contributed by atoms with van der Waals surface area (Å²) >= 11 is 0. The van der Waals surface area contributed by atoms with Crippen molar-refractivity contribution in [1.29, 1.82) is 0 Å². The van der Waals surface area contributed by atoms with E-state index in [4.69, 9.17) is 11.2 Å². The van der Waals surface area contributed by atoms with Gasteiger partial charge in [0.1, 0.15) is 5.75 Å². The van der Waals surface area contributed by atoms with Crippen LogP contribution in [0.4, 0.5) is 0 Å². The fraction of sp³-hybridized carbons (Fsp3) is 0.529. The molecule has 0 aliphatic rings. The predicted molar refractivity (Wildman–Crippen MR) is 81.3 cm³/mol. The third kappa shape index (κ3) is 5.81. The highest BCUT2D eigenvalue weighted by Gasteiger charge is 2.06. The fourth-order valence-corrected chi connectivity index (χ4v) is 1.90. The van der Waals surface area contributed by atoms with Crippen molar-refractivity contribution in [2.75, 3.05) is 13.2 Å². The van der Waals surface area contributed by atoms with E-state index >= 15 is 0 Å². The van der Waals surface area contributed by atoms with Crippen molar-refractivity contribution in [3.8, 4) is 18.1 Å². The number of unbranched alkanes of at least 4 members (excludes halogenated alkanes) is 1. The van der Waals surface area contributed by atoms with E-state index in [9.17, 15) is 0 Å². The summed E-state index contributed by atoms with van der Waals surface area (Å²) in [5.74, 6) is 4.30. The van der Waals surface area contributed by atoms with Gasteiger partial charge in [-0.3, -0.25) is 0 Å². The number of rotatable bonds is 8. The van der Waals surface area contributed by atoms with Crippen molar-refractivity contribution >= 4 is 0 Å². The first kappa shape index (κ1) is 15.6. The maximum absolute atomic E-state index is 5.89. The number of ether oxygens (including phenoxy) is 1. The zero-order chi connectivity index (χ0) is 14.1. The van der Waals surface area contributed by atoms with Crippen LogP contribution in [0, 0.1) is 25.2 Å². The van der Waals surface area contributed by atoms with Crippen LogP contribution >= 0.6 is 0 Å². The summed E-state index contributed by atoms with van der Waals surface area (Å²) in [6.07, 6.45) is 6.92. The molecule has 19 heavy (non-hydrogen) atoms. The van der Waals surface area contributed by atoms with Gasteiger partial charge in [-0.2, -0.15) is 0 Å². The Balaban J connectivity index is 2.59. The molecule has 0 fully saturated rings. The second-order valence-electron chi connectivity index (χ2n) is 5.24. The van der Waals surface area contributed by atoms with E-state index in [0.29, 0.717) is 12.5 Å². The molecule has 0 atom stereocenters. The first-order chi connectivity index (χ1) is 9.15. The first-order valence-electron chi connectivity index (χ1n) is 7.00. The maximum atomic E-state index is 5.89. The molecule has 104 valence electrons. The maximum Gasteiger partial charge on any atom is 0.126 e. The Morgan fingerprint density at radius 3 is 2.84 bits per heavy atom. The van der Waals surface area contributed by atoms with Crippen molar-refractivity contribution in [3.63, 3.8) is 0 Å². The highest BCUT2D eigenvalue weighted by atomic mass is 16.5. The molecule has 0 saturated heterocycles. The third-order valence-electron chi connectivity index (χ3n) is 2.87. The van der Waals surface area contributed by atoms with E-state index in [1.807, 2.05) is 0 Å². The van der Waals surface area contributed by atoms with Gasteiger partial charge in [0, 0.05) is 18.5 Å². The standard InChI is InChI=1S/C17H25NO/c1-5-6-7-11-19-17-15(4)9-8-10-16(17)13-18-12-14(2)3/h1,8-10,14,18H,6-7,11-13H2,2-4H3. The molecule has 0 amide bonds. The lowest BCUT2D eigenvalue weighted by atomic mass is 10.1. The van der Waals surface area contributed by atoms with Crippen molar-refractivity contribution in [2.24, 2.45) is 5.92 Å². The average Bonchev–Trinajstić information content (AvgIpc) is 2.36. The van der Waals surface area contributed by atoms with Gasteiger partial charge in [0.25, 0.3) is 0 Å². The summed E-state index contributed by atoms with van der Waals surface area (Å²) in [5.41, 5.74) is 2.41. The van der Waals surface area contributed by atoms with Crippen molar-refractivity contribution < 1.29 is 4.74 Å². The Bertz CT molecular complexity index is 418. The monoisotopic (exact) mass is 259 g/mol. The van der Waals surface area contributed by atoms with E-state index < -0.39 is 0 Å². The minimum Gasteiger partial charge on any atom is -0.493 e. The number of aryl methyl sites for hydroxylation is 1. The third-order valence-corrected chi connectivity index (χ3v) is 2.87. The van der Waals surface area contributed by atoms with Crippen LogP contribution < -0.4 is 10.1 Å². The SMILES string of the molecule is C#CCCCOc1c(C)cccc1CNCC(C)C. The molecular formula is C17H25NO. The summed E-state index contributed by atoms with van der Waals surface area (Å²) in [6, 6.07) is 6.29. The number of nitrogens with one attached hydrogen (secondary N) is 1. The lowest BCUT2D eigenvalue weighted by Crippen LogP contribution is -2.19. The Morgan fingerprint density at radius 2 is 2.16 bits per heavy atom. The molecule has 0 radical (unpaired) electrons. The molecule has 2 nitrogen and oxygen atoms in total. The summed E-state index contributed by atoms with van der Waals surface area (Å²) in [5, 5.41) is 3.46. The van der Waals surface area contributed by atoms with Gasteiger partial charge in [-0.05, 0) is 31.4 Å². The van der Waals surface area contributed by atoms with Crippen molar-refractivity contribution in [1.82, 2.24) is 5.32 Å². The zero-order valence-corrected chi connectivity index (χ0v) is 12.3. The van der Waals surface area contributed by atoms with Gasteiger partial charge in [0.15, 0.2) is 0 Å². The highest BCUT2D eigenvalue weighted by molar-refractivity contribution is 5.40. The van der Waals surface area contributed by atoms with Crippen LogP contribution in [0.15, 0.2) is 18.2 Å². The van der Waals surface area contributed by atoms with Gasteiger partial charge in [-0.15, -0.1) is 12.3 Å². The van der Waals surface area contributed by atoms with Gasteiger partial charge < -0.3 is 10.1 Å². The van der Waals surface area contributed by atoms with Crippen LogP contribution in [-0.4, -0.2) is 13.2 Å². The molecule has 0 bridgehead atoms. The largest absolute Gasteiger partial charge is 0.493 e. The Hall–Kier alpha value is -1.46. The molecule has 0 aliphatic heterocycles. The lowest BCUT2D eigenvalue weighted by molar-refractivity contribution is 0.306. The molecule has 0 heterocycles. The van der Waals surface area contributed by atoms with E-state index in [0.717, 1.165) is 31.7 Å². The highest BCUT2D eigenvalue weighted by Crippen LogP contribution is 2.23. The van der Waals surface area contributed by atoms with Crippen LogP contribution in [-0.2, 0) is 6.54 Å². The van der Waals surface area contributed by atoms with Crippen LogP contribution in [0.25, 0.3) is 0 Å². The molecule has 0 aromatic heterocycles. The van der Waals surface area contributed by atoms with Crippen LogP contribution in [0.5, 0.6) is 5.75 Å². The predicted octanol–water partition coefficient (Wildman–Crippen LogP) is 3.53. The quantitative estimate of drug-likeness (QED) is 0.569. The molecule has 1 aromatic carbocycles. The Labute approximate surface area is 117 Å².